The van der Waals surface area contributed by atoms with Crippen LogP contribution in [0, 0.1) is 23.7 Å². The van der Waals surface area contributed by atoms with Crippen molar-refractivity contribution in [1.82, 2.24) is 0 Å². The Bertz CT molecular complexity index is 3580. The summed E-state index contributed by atoms with van der Waals surface area (Å²) in [6, 6.07) is 59.1. The van der Waals surface area contributed by atoms with Crippen LogP contribution in [0.4, 0.5) is 0 Å². The van der Waals surface area contributed by atoms with Gasteiger partial charge in [0.25, 0.3) is 0 Å². The van der Waals surface area contributed by atoms with Gasteiger partial charge in [0, 0.05) is 48.2 Å². The van der Waals surface area contributed by atoms with Crippen molar-refractivity contribution in [2.75, 3.05) is 48.8 Å². The van der Waals surface area contributed by atoms with E-state index < -0.39 is 146 Å². The summed E-state index contributed by atoms with van der Waals surface area (Å²) in [6.45, 7) is 33.0. The quantitative estimate of drug-likeness (QED) is 0.0127. The third kappa shape index (κ3) is 38.4. The predicted molar refractivity (Wildman–Crippen MR) is 529 cm³/mol. The second kappa shape index (κ2) is 54.7. The Morgan fingerprint density at radius 1 is 0.320 bits per heavy atom. The lowest BCUT2D eigenvalue weighted by Crippen LogP contribution is -2.56. The van der Waals surface area contributed by atoms with Gasteiger partial charge in [-0.05, 0) is 280 Å². The van der Waals surface area contributed by atoms with Gasteiger partial charge in [-0.25, -0.2) is 0 Å². The fraction of sp³-hybridized carbons (Fsp3) is 0.677. The molecule has 22 nitrogen and oxygen atoms in total. The standard InChI is InChI=1S/C20H36O4Si2.C19H36O5Si2.C19H34O4Si2.C18H32O4Si2.C17H30O5Si2/c1-5-14-26(23-2,15-13-17-11-12-19(21)20(22)16-17)24-25(3,4)18-9-7-6-8-10-18;1-6-14-26(22-3,15-10-13-23-16-19(21)17(2)20)24-25(4,5)18-11-8-7-9-12-18;1-5-25(22-2,14-13-16-11-12-18(20)19(21)15-16)23-24(3,4)17-9-7-6-8-10-17;1-21-24(4,13-12-15-10-11-17(19)18(20)14-15)22-23(2,3)16-8-6-5-7-9-16;1-21-24(20,12-11-14-9-10-16(18)17(19)13-14)22-23(2,3)15-7-5-4-6-8-15/h6-10,17,19-22H,5,11-16H2,1-4H3;7-9,11-12,17,19-21H,6,10,13-16H2,1-5H3;6-10,16,18-21H,5,11-15H2,1-4H3;5-9,15,17-20H,10-14H2,1-4H3;4-8,14,16-20H,9-13H2,1-3H3. The summed E-state index contributed by atoms with van der Waals surface area (Å²) in [5.41, 5.74) is 0. The van der Waals surface area contributed by atoms with Crippen molar-refractivity contribution in [2.45, 2.75) is 331 Å². The van der Waals surface area contributed by atoms with Gasteiger partial charge in [-0.3, -0.25) is 0 Å². The maximum Gasteiger partial charge on any atom is 0.487 e. The average molecular weight is 1920 g/mol. The van der Waals surface area contributed by atoms with Gasteiger partial charge in [0.05, 0.1) is 61.5 Å². The molecular formula is C93H168O22Si10. The molecule has 0 heterocycles. The molecule has 19 unspecified atom stereocenters. The molecule has 19 atom stereocenters. The van der Waals surface area contributed by atoms with Gasteiger partial charge in [-0.15, -0.1) is 0 Å². The summed E-state index contributed by atoms with van der Waals surface area (Å²) in [5.74, 6) is 1.66. The van der Waals surface area contributed by atoms with Crippen LogP contribution >= 0.6 is 0 Å². The van der Waals surface area contributed by atoms with E-state index in [1.165, 1.54) is 27.9 Å². The number of rotatable bonds is 44. The number of aliphatic hydroxyl groups is 10. The maximum atomic E-state index is 10.9. The Kier molecular flexibility index (Phi) is 49.4. The van der Waals surface area contributed by atoms with E-state index in [1.807, 2.05) is 61.7 Å². The largest absolute Gasteiger partial charge is 0.487 e. The summed E-state index contributed by atoms with van der Waals surface area (Å²) < 4.78 is 68.2. The Balaban J connectivity index is 0.000000277. The molecule has 0 aliphatic heterocycles. The molecule has 125 heavy (non-hydrogen) atoms. The van der Waals surface area contributed by atoms with Crippen LogP contribution in [0.5, 0.6) is 0 Å². The molecule has 4 aliphatic rings. The second-order valence-electron chi connectivity index (χ2n) is 38.2. The van der Waals surface area contributed by atoms with Gasteiger partial charge in [0.1, 0.15) is 6.10 Å². The molecule has 0 amide bonds. The summed E-state index contributed by atoms with van der Waals surface area (Å²) in [5, 5.41) is 104. The summed E-state index contributed by atoms with van der Waals surface area (Å²) >= 11 is 0. The highest BCUT2D eigenvalue weighted by Gasteiger charge is 2.49. The second-order valence-corrected chi connectivity index (χ2v) is 75.7. The van der Waals surface area contributed by atoms with Crippen molar-refractivity contribution in [3.05, 3.63) is 152 Å². The smallest absolute Gasteiger partial charge is 0.432 e. The summed E-state index contributed by atoms with van der Waals surface area (Å²) in [7, 11) is -14.1. The zero-order valence-electron chi connectivity index (χ0n) is 79.9. The van der Waals surface area contributed by atoms with Crippen LogP contribution in [0.25, 0.3) is 0 Å². The molecule has 4 aliphatic carbocycles. The average Bonchev–Trinajstić information content (AvgIpc) is 0.813. The third-order valence-electron chi connectivity index (χ3n) is 26.2. The lowest BCUT2D eigenvalue weighted by atomic mass is 9.84. The van der Waals surface area contributed by atoms with Crippen LogP contribution in [-0.2, 0) is 47.4 Å². The number of benzene rings is 5. The minimum Gasteiger partial charge on any atom is -0.432 e. The fourth-order valence-corrected chi connectivity index (χ4v) is 57.2. The van der Waals surface area contributed by atoms with Gasteiger partial charge in [0.2, 0.25) is 41.6 Å². The topological polar surface area (TPSA) is 324 Å². The van der Waals surface area contributed by atoms with E-state index in [0.717, 1.165) is 118 Å². The Labute approximate surface area is 763 Å². The lowest BCUT2D eigenvalue weighted by molar-refractivity contribution is -0.0303. The molecule has 4 saturated carbocycles. The van der Waals surface area contributed by atoms with Crippen molar-refractivity contribution < 1.29 is 103 Å². The van der Waals surface area contributed by atoms with Gasteiger partial charge in [-0.2, -0.15) is 0 Å². The van der Waals surface area contributed by atoms with Crippen molar-refractivity contribution in [3.63, 3.8) is 0 Å². The van der Waals surface area contributed by atoms with Crippen molar-refractivity contribution in [1.29, 1.82) is 0 Å². The molecular weight excluding hydrogens is 1750 g/mol. The Hall–Kier alpha value is -2.61. The lowest BCUT2D eigenvalue weighted by Gasteiger charge is -2.39. The zero-order valence-corrected chi connectivity index (χ0v) is 89.9. The fourth-order valence-electron chi connectivity index (χ4n) is 17.9. The molecule has 712 valence electrons. The van der Waals surface area contributed by atoms with Gasteiger partial charge in [-0.1, -0.05) is 185 Å². The van der Waals surface area contributed by atoms with Crippen LogP contribution in [0.2, 0.25) is 120 Å². The van der Waals surface area contributed by atoms with E-state index in [4.69, 9.17) is 47.4 Å². The molecule has 9 rings (SSSR count). The Morgan fingerprint density at radius 2 is 0.600 bits per heavy atom. The third-order valence-corrected chi connectivity index (χ3v) is 65.2. The highest BCUT2D eigenvalue weighted by Crippen LogP contribution is 2.38. The first kappa shape index (κ1) is 113. The molecule has 11 N–H and O–H groups in total. The van der Waals surface area contributed by atoms with Gasteiger partial charge >= 0.3 is 43.0 Å². The molecule has 0 radical (unpaired) electrons. The molecule has 4 fully saturated rings. The van der Waals surface area contributed by atoms with Crippen LogP contribution in [0.1, 0.15) is 150 Å². The molecule has 5 aromatic rings. The minimum atomic E-state index is -3.25. The van der Waals surface area contributed by atoms with Crippen molar-refractivity contribution >= 4 is 111 Å². The van der Waals surface area contributed by atoms with E-state index in [9.17, 15) is 55.9 Å². The first-order chi connectivity index (χ1) is 58.9. The highest BCUT2D eigenvalue weighted by atomic mass is 28.5. The maximum absolute atomic E-state index is 10.9. The first-order valence-corrected chi connectivity index (χ1v) is 72.3. The van der Waals surface area contributed by atoms with Crippen molar-refractivity contribution in [3.8, 4) is 0 Å². The van der Waals surface area contributed by atoms with Crippen LogP contribution in [0.3, 0.4) is 0 Å². The molecule has 0 saturated heterocycles. The predicted octanol–water partition coefficient (Wildman–Crippen LogP) is 13.8. The summed E-state index contributed by atoms with van der Waals surface area (Å²) in [6.07, 6.45) is 9.62. The molecule has 5 aromatic carbocycles. The van der Waals surface area contributed by atoms with E-state index >= 15 is 0 Å². The molecule has 0 spiro atoms. The highest BCUT2D eigenvalue weighted by molar-refractivity contribution is 6.94. The number of ether oxygens (including phenoxy) is 1. The van der Waals surface area contributed by atoms with E-state index in [-0.39, 0.29) is 6.61 Å². The normalized spacial score (nSPS) is 25.0. The zero-order chi connectivity index (χ0) is 92.9. The molecule has 0 bridgehead atoms. The molecule has 0 aromatic heterocycles. The van der Waals surface area contributed by atoms with Crippen LogP contribution < -0.4 is 25.9 Å². The number of hydrogen-bond donors (Lipinski definition) is 11. The van der Waals surface area contributed by atoms with Crippen LogP contribution in [-0.4, -0.2) is 250 Å². The van der Waals surface area contributed by atoms with Gasteiger partial charge in [0.15, 0.2) is 0 Å². The van der Waals surface area contributed by atoms with E-state index in [1.54, 1.807) is 28.3 Å². The SMILES string of the molecule is CCC[Si](CCC1CCC(O)C(O)C1)(OC)O[Si](C)(C)c1ccccc1.CCC[Si](CCCOCC(O)C(C)O)(OC)O[Si](C)(C)c1ccccc1.CC[Si](CCC1CCC(O)C(O)C1)(OC)O[Si](C)(C)c1ccccc1.CO[Si](C)(CCC1CCC(O)C(O)C1)O[Si](C)(C)c1ccccc1.CO[Si](O)(CCC1CCC(O)C(O)C1)O[Si](C)(C)c1ccccc1. The number of aliphatic hydroxyl groups excluding tert-OH is 10. The monoisotopic (exact) mass is 1920 g/mol. The molecule has 32 heteroatoms. The van der Waals surface area contributed by atoms with E-state index in [2.05, 4.69) is 190 Å². The minimum absolute atomic E-state index is 0.151. The van der Waals surface area contributed by atoms with E-state index in [0.29, 0.717) is 87.7 Å². The van der Waals surface area contributed by atoms with Gasteiger partial charge < -0.3 is 103 Å². The van der Waals surface area contributed by atoms with Crippen LogP contribution in [0.15, 0.2) is 152 Å². The first-order valence-electron chi connectivity index (χ1n) is 46.6. The summed E-state index contributed by atoms with van der Waals surface area (Å²) in [4.78, 5) is 10.9. The number of hydrogen-bond acceptors (Lipinski definition) is 22. The van der Waals surface area contributed by atoms with Crippen molar-refractivity contribution in [2.24, 2.45) is 23.7 Å². The Morgan fingerprint density at radius 3 is 0.880 bits per heavy atom.